The molecule has 1 aliphatic carbocycles. The number of hydrogen-bond donors (Lipinski definition) is 4. The van der Waals surface area contributed by atoms with E-state index in [1.807, 2.05) is 18.2 Å². The number of nitrogens with one attached hydrogen (secondary N) is 1. The van der Waals surface area contributed by atoms with Crippen LogP contribution >= 0.6 is 23.2 Å². The molecule has 4 N–H and O–H groups in total. The number of rotatable bonds is 16. The Morgan fingerprint density at radius 2 is 1.92 bits per heavy atom. The molecule has 1 aliphatic heterocycles. The fraction of sp³-hybridized carbons (Fsp3) is 0.359. The van der Waals surface area contributed by atoms with Crippen LogP contribution in [0.15, 0.2) is 60.9 Å². The van der Waals surface area contributed by atoms with Crippen LogP contribution in [0.25, 0.3) is 11.1 Å². The van der Waals surface area contributed by atoms with Gasteiger partial charge in [-0.05, 0) is 73.2 Å². The molecule has 2 heterocycles. The summed E-state index contributed by atoms with van der Waals surface area (Å²) in [5, 5.41) is 41.7. The molecule has 53 heavy (non-hydrogen) atoms. The highest BCUT2D eigenvalue weighted by atomic mass is 35.5. The zero-order chi connectivity index (χ0) is 37.7. The molecular formula is C39H39Cl2FN4O7. The number of carbonyl (C=O) groups is 1. The number of benzene rings is 3. The number of aliphatic hydroxyl groups excluding tert-OH is 2. The van der Waals surface area contributed by atoms with Crippen LogP contribution < -0.4 is 19.5 Å². The number of aliphatic carboxylic acids is 1. The van der Waals surface area contributed by atoms with Crippen molar-refractivity contribution in [2.75, 3.05) is 32.8 Å². The van der Waals surface area contributed by atoms with Gasteiger partial charge in [0.15, 0.2) is 0 Å². The molecule has 2 aliphatic rings. The Labute approximate surface area is 316 Å². The molecule has 3 aromatic carbocycles. The van der Waals surface area contributed by atoms with Gasteiger partial charge >= 0.3 is 5.97 Å². The maximum atomic E-state index is 15.3. The summed E-state index contributed by atoms with van der Waals surface area (Å²) in [6.07, 6.45) is 4.07. The summed E-state index contributed by atoms with van der Waals surface area (Å²) in [5.41, 5.74) is 2.68. The Balaban J connectivity index is 1.24. The first kappa shape index (κ1) is 38.3. The standard InChI is InChI=1S/C39H39Cl2FN4O7/c1-39(22-47,38(49)50)45-18-25-11-32(40)36(14-35(25)52-21-24-10-23(15-43)16-44-17-24)53-33-7-6-28-30(12-26(42)13-31(28)33)29-4-2-5-34(37(29)41)51-9-3-8-46-19-27(48)20-46/h2,4-5,10-14,16-17,27,33,45,47-48H,3,6-9,18-22H2,1H3,(H,49,50). The number of halogens is 3. The number of carboxylic acids is 1. The second kappa shape index (κ2) is 16.7. The monoisotopic (exact) mass is 764 g/mol. The molecule has 6 rings (SSSR count). The molecule has 4 aromatic rings. The number of carboxylic acid groups (broad SMARTS) is 1. The molecule has 2 unspecified atom stereocenters. The third kappa shape index (κ3) is 8.84. The minimum Gasteiger partial charge on any atom is -0.492 e. The summed E-state index contributed by atoms with van der Waals surface area (Å²) in [7, 11) is 0. The van der Waals surface area contributed by atoms with Crippen LogP contribution in [0.3, 0.4) is 0 Å². The highest BCUT2D eigenvalue weighted by Gasteiger charge is 2.33. The van der Waals surface area contributed by atoms with Crippen LogP contribution in [0.4, 0.5) is 4.39 Å². The van der Waals surface area contributed by atoms with Crippen molar-refractivity contribution in [1.29, 1.82) is 5.26 Å². The molecule has 0 amide bonds. The third-order valence-corrected chi connectivity index (χ3v) is 10.2. The van der Waals surface area contributed by atoms with Gasteiger partial charge in [0, 0.05) is 61.3 Å². The van der Waals surface area contributed by atoms with Gasteiger partial charge in [-0.1, -0.05) is 35.3 Å². The van der Waals surface area contributed by atoms with Crippen LogP contribution in [0.2, 0.25) is 10.0 Å². The number of hydrogen-bond acceptors (Lipinski definition) is 10. The van der Waals surface area contributed by atoms with Crippen LogP contribution in [0.1, 0.15) is 53.7 Å². The summed E-state index contributed by atoms with van der Waals surface area (Å²) in [6.45, 7) is 3.30. The Hall–Kier alpha value is -4.48. The molecule has 0 spiro atoms. The molecule has 14 heteroatoms. The summed E-state index contributed by atoms with van der Waals surface area (Å²) in [5.74, 6) is -0.608. The highest BCUT2D eigenvalue weighted by Crippen LogP contribution is 2.45. The molecule has 11 nitrogen and oxygen atoms in total. The van der Waals surface area contributed by atoms with Gasteiger partial charge in [-0.15, -0.1) is 0 Å². The van der Waals surface area contributed by atoms with Crippen molar-refractivity contribution in [3.8, 4) is 34.4 Å². The fourth-order valence-corrected chi connectivity index (χ4v) is 6.93. The molecule has 1 fully saturated rings. The van der Waals surface area contributed by atoms with Gasteiger partial charge in [-0.25, -0.2) is 4.39 Å². The van der Waals surface area contributed by atoms with Crippen molar-refractivity contribution >= 4 is 29.2 Å². The van der Waals surface area contributed by atoms with E-state index in [1.54, 1.807) is 30.5 Å². The lowest BCUT2D eigenvalue weighted by Gasteiger charge is -2.35. The number of aliphatic hydroxyl groups is 2. The average molecular weight is 766 g/mol. The first-order valence-corrected chi connectivity index (χ1v) is 17.9. The number of ether oxygens (including phenoxy) is 3. The van der Waals surface area contributed by atoms with Gasteiger partial charge in [-0.3, -0.25) is 20.0 Å². The zero-order valence-corrected chi connectivity index (χ0v) is 30.5. The van der Waals surface area contributed by atoms with Gasteiger partial charge in [-0.2, -0.15) is 5.26 Å². The van der Waals surface area contributed by atoms with E-state index in [9.17, 15) is 25.4 Å². The lowest BCUT2D eigenvalue weighted by Crippen LogP contribution is -2.52. The van der Waals surface area contributed by atoms with Crippen molar-refractivity contribution in [3.05, 3.63) is 105 Å². The quantitative estimate of drug-likeness (QED) is 0.0981. The van der Waals surface area contributed by atoms with E-state index in [4.69, 9.17) is 37.4 Å². The first-order chi connectivity index (χ1) is 25.5. The van der Waals surface area contributed by atoms with E-state index in [0.29, 0.717) is 82.4 Å². The lowest BCUT2D eigenvalue weighted by atomic mass is 9.96. The number of β-amino-alcohol motifs (C(OH)–C–C–N with tert-alkyl or cyclic N) is 1. The molecule has 0 bridgehead atoms. The van der Waals surface area contributed by atoms with Crippen LogP contribution in [0, 0.1) is 17.1 Å². The zero-order valence-electron chi connectivity index (χ0n) is 28.9. The maximum Gasteiger partial charge on any atom is 0.326 e. The molecular weight excluding hydrogens is 726 g/mol. The molecule has 278 valence electrons. The lowest BCUT2D eigenvalue weighted by molar-refractivity contribution is -0.145. The first-order valence-electron chi connectivity index (χ1n) is 17.2. The van der Waals surface area contributed by atoms with E-state index in [1.165, 1.54) is 25.3 Å². The summed E-state index contributed by atoms with van der Waals surface area (Å²) in [4.78, 5) is 18.1. The summed E-state index contributed by atoms with van der Waals surface area (Å²) >= 11 is 13.6. The van der Waals surface area contributed by atoms with E-state index >= 15 is 4.39 Å². The van der Waals surface area contributed by atoms with E-state index in [0.717, 1.165) is 18.5 Å². The van der Waals surface area contributed by atoms with E-state index in [2.05, 4.69) is 15.2 Å². The predicted molar refractivity (Wildman–Crippen MR) is 196 cm³/mol. The van der Waals surface area contributed by atoms with Gasteiger partial charge < -0.3 is 29.5 Å². The van der Waals surface area contributed by atoms with Gasteiger partial charge in [0.05, 0.1) is 34.9 Å². The van der Waals surface area contributed by atoms with Gasteiger partial charge in [0.2, 0.25) is 0 Å². The molecule has 1 aromatic heterocycles. The second-order valence-corrected chi connectivity index (χ2v) is 14.2. The van der Waals surface area contributed by atoms with Crippen molar-refractivity contribution in [2.24, 2.45) is 0 Å². The molecule has 0 radical (unpaired) electrons. The average Bonchev–Trinajstić information content (AvgIpc) is 3.53. The number of nitrogens with zero attached hydrogens (tertiary/aromatic N) is 3. The molecule has 2 atom stereocenters. The van der Waals surface area contributed by atoms with Crippen LogP contribution in [0.5, 0.6) is 17.2 Å². The van der Waals surface area contributed by atoms with Crippen molar-refractivity contribution in [1.82, 2.24) is 15.2 Å². The number of pyridine rings is 1. The number of nitriles is 1. The summed E-state index contributed by atoms with van der Waals surface area (Å²) in [6, 6.07) is 15.2. The van der Waals surface area contributed by atoms with Gasteiger partial charge in [0.1, 0.15) is 47.4 Å². The van der Waals surface area contributed by atoms with Crippen molar-refractivity contribution in [2.45, 2.75) is 57.1 Å². The smallest absolute Gasteiger partial charge is 0.326 e. The topological polar surface area (TPSA) is 157 Å². The van der Waals surface area contributed by atoms with Crippen molar-refractivity contribution in [3.63, 3.8) is 0 Å². The van der Waals surface area contributed by atoms with E-state index in [-0.39, 0.29) is 30.0 Å². The van der Waals surface area contributed by atoms with Gasteiger partial charge in [0.25, 0.3) is 0 Å². The minimum absolute atomic E-state index is 0.0257. The Kier molecular flexibility index (Phi) is 12.0. The number of likely N-dealkylation sites (tertiary alicyclic amines) is 1. The number of fused-ring (bicyclic) bond motifs is 1. The predicted octanol–water partition coefficient (Wildman–Crippen LogP) is 6.08. The van der Waals surface area contributed by atoms with E-state index < -0.39 is 30.0 Å². The Morgan fingerprint density at radius 1 is 1.11 bits per heavy atom. The molecule has 1 saturated heterocycles. The Bertz CT molecular complexity index is 2020. The maximum absolute atomic E-state index is 15.3. The molecule has 0 saturated carbocycles. The largest absolute Gasteiger partial charge is 0.492 e. The SMILES string of the molecule is CC(CO)(NCc1cc(Cl)c(OC2CCc3c(-c4cccc(OCCCN5CC(O)C5)c4Cl)cc(F)cc32)cc1OCc1cncc(C#N)c1)C(=O)O. The fourth-order valence-electron chi connectivity index (χ4n) is 6.41. The summed E-state index contributed by atoms with van der Waals surface area (Å²) < 4.78 is 34.0. The Morgan fingerprint density at radius 3 is 2.66 bits per heavy atom. The van der Waals surface area contributed by atoms with Crippen LogP contribution in [-0.4, -0.2) is 75.7 Å². The minimum atomic E-state index is -1.63. The second-order valence-electron chi connectivity index (χ2n) is 13.4. The number of aromatic nitrogens is 1. The third-order valence-electron chi connectivity index (χ3n) is 9.48. The highest BCUT2D eigenvalue weighted by molar-refractivity contribution is 6.35. The van der Waals surface area contributed by atoms with Crippen molar-refractivity contribution < 1.29 is 38.7 Å². The normalized spacial score (nSPS) is 16.7. The van der Waals surface area contributed by atoms with Crippen LogP contribution in [-0.2, 0) is 24.4 Å².